The number of aryl methyl sites for hydroxylation is 1. The van der Waals surface area contributed by atoms with E-state index in [1.807, 2.05) is 44.0 Å². The highest BCUT2D eigenvalue weighted by Crippen LogP contribution is 2.42. The minimum Gasteiger partial charge on any atom is -0.444 e. The molecule has 6 heteroatoms. The molecule has 1 fully saturated rings. The molecule has 6 nitrogen and oxygen atoms in total. The van der Waals surface area contributed by atoms with Gasteiger partial charge in [0.15, 0.2) is 0 Å². The maximum atomic E-state index is 13.0. The van der Waals surface area contributed by atoms with Crippen LogP contribution in [0.5, 0.6) is 0 Å². The fourth-order valence-corrected chi connectivity index (χ4v) is 5.41. The van der Waals surface area contributed by atoms with Gasteiger partial charge >= 0.3 is 6.09 Å². The lowest BCUT2D eigenvalue weighted by atomic mass is 9.75. The van der Waals surface area contributed by atoms with Crippen LogP contribution in [0.4, 0.5) is 4.79 Å². The van der Waals surface area contributed by atoms with Crippen LogP contribution < -0.4 is 5.32 Å². The molecule has 1 aromatic heterocycles. The number of nitrogens with zero attached hydrogens (tertiary/aromatic N) is 2. The molecule has 0 bridgehead atoms. The Labute approximate surface area is 226 Å². The van der Waals surface area contributed by atoms with Gasteiger partial charge in [0.05, 0.1) is 0 Å². The second-order valence-electron chi connectivity index (χ2n) is 11.2. The molecule has 0 radical (unpaired) electrons. The molecule has 1 N–H and O–H groups in total. The smallest absolute Gasteiger partial charge is 0.410 e. The quantitative estimate of drug-likeness (QED) is 0.423. The third-order valence-electron chi connectivity index (χ3n) is 7.14. The maximum absolute atomic E-state index is 13.0. The number of nitrogens with one attached hydrogen (secondary N) is 1. The Morgan fingerprint density at radius 2 is 1.87 bits per heavy atom. The second kappa shape index (κ2) is 11.8. The minimum absolute atomic E-state index is 0.0150. The van der Waals surface area contributed by atoms with Gasteiger partial charge in [0.1, 0.15) is 5.60 Å². The van der Waals surface area contributed by atoms with E-state index in [1.54, 1.807) is 13.1 Å². The lowest BCUT2D eigenvalue weighted by Crippen LogP contribution is -2.44. The first-order valence-corrected chi connectivity index (χ1v) is 13.4. The van der Waals surface area contributed by atoms with Gasteiger partial charge in [-0.3, -0.25) is 9.78 Å². The van der Waals surface area contributed by atoms with Crippen molar-refractivity contribution in [2.45, 2.75) is 64.9 Å². The SMILES string of the molecule is CC(=O)NCCc1ccccc1-c1ccc([C@@H]2CN(C(=O)OC(C)(C)C)CC[C@H]2c2cccnc2)c(C)c1. The van der Waals surface area contributed by atoms with Crippen molar-refractivity contribution in [3.05, 3.63) is 89.2 Å². The molecule has 2 aromatic carbocycles. The summed E-state index contributed by atoms with van der Waals surface area (Å²) >= 11 is 0. The van der Waals surface area contributed by atoms with Crippen molar-refractivity contribution in [1.29, 1.82) is 0 Å². The van der Waals surface area contributed by atoms with Crippen LogP contribution in [0.1, 0.15) is 68.2 Å². The number of hydrogen-bond acceptors (Lipinski definition) is 4. The Morgan fingerprint density at radius 3 is 2.55 bits per heavy atom. The van der Waals surface area contributed by atoms with Crippen LogP contribution in [-0.4, -0.2) is 47.1 Å². The summed E-state index contributed by atoms with van der Waals surface area (Å²) in [6.07, 6.45) is 5.12. The molecular weight excluding hydrogens is 474 g/mol. The van der Waals surface area contributed by atoms with E-state index in [0.717, 1.165) is 18.4 Å². The monoisotopic (exact) mass is 513 g/mol. The number of carbonyl (C=O) groups is 2. The van der Waals surface area contributed by atoms with Crippen molar-refractivity contribution in [2.24, 2.45) is 0 Å². The van der Waals surface area contributed by atoms with Gasteiger partial charge in [0.2, 0.25) is 5.91 Å². The molecular formula is C32H39N3O3. The van der Waals surface area contributed by atoms with Gasteiger partial charge in [-0.2, -0.15) is 0 Å². The molecule has 0 saturated carbocycles. The molecule has 1 saturated heterocycles. The van der Waals surface area contributed by atoms with Crippen molar-refractivity contribution in [2.75, 3.05) is 19.6 Å². The van der Waals surface area contributed by atoms with E-state index in [9.17, 15) is 9.59 Å². The molecule has 200 valence electrons. The van der Waals surface area contributed by atoms with Gasteiger partial charge in [0, 0.05) is 44.9 Å². The van der Waals surface area contributed by atoms with E-state index >= 15 is 0 Å². The summed E-state index contributed by atoms with van der Waals surface area (Å²) in [5.74, 6) is 0.375. The third-order valence-corrected chi connectivity index (χ3v) is 7.14. The van der Waals surface area contributed by atoms with E-state index in [1.165, 1.54) is 27.8 Å². The number of benzene rings is 2. The molecule has 0 spiro atoms. The predicted molar refractivity (Wildman–Crippen MR) is 151 cm³/mol. The lowest BCUT2D eigenvalue weighted by Gasteiger charge is -2.40. The number of piperidine rings is 1. The summed E-state index contributed by atoms with van der Waals surface area (Å²) in [4.78, 5) is 30.6. The zero-order valence-corrected chi connectivity index (χ0v) is 23.2. The molecule has 0 aliphatic carbocycles. The van der Waals surface area contributed by atoms with Gasteiger partial charge < -0.3 is 15.0 Å². The lowest BCUT2D eigenvalue weighted by molar-refractivity contribution is -0.118. The molecule has 4 rings (SSSR count). The van der Waals surface area contributed by atoms with E-state index < -0.39 is 5.60 Å². The summed E-state index contributed by atoms with van der Waals surface area (Å²) in [5, 5.41) is 2.90. The van der Waals surface area contributed by atoms with Gasteiger partial charge in [0.25, 0.3) is 0 Å². The highest BCUT2D eigenvalue weighted by molar-refractivity contribution is 5.73. The molecule has 2 heterocycles. The van der Waals surface area contributed by atoms with E-state index in [0.29, 0.717) is 19.6 Å². The van der Waals surface area contributed by atoms with E-state index in [-0.39, 0.29) is 23.8 Å². The highest BCUT2D eigenvalue weighted by Gasteiger charge is 2.36. The maximum Gasteiger partial charge on any atom is 0.410 e. The molecule has 2 atom stereocenters. The van der Waals surface area contributed by atoms with Crippen molar-refractivity contribution < 1.29 is 14.3 Å². The summed E-state index contributed by atoms with van der Waals surface area (Å²) in [7, 11) is 0. The molecule has 3 aromatic rings. The number of rotatable bonds is 6. The molecule has 1 aliphatic rings. The average molecular weight is 514 g/mol. The van der Waals surface area contributed by atoms with Crippen LogP contribution in [0, 0.1) is 6.92 Å². The Hall–Kier alpha value is -3.67. The van der Waals surface area contributed by atoms with Crippen molar-refractivity contribution in [3.8, 4) is 11.1 Å². The summed E-state index contributed by atoms with van der Waals surface area (Å²) in [6.45, 7) is 11.3. The summed E-state index contributed by atoms with van der Waals surface area (Å²) in [5.41, 5.74) is 6.65. The normalized spacial score (nSPS) is 17.7. The van der Waals surface area contributed by atoms with Gasteiger partial charge in [-0.1, -0.05) is 48.5 Å². The Balaban J connectivity index is 1.64. The van der Waals surface area contributed by atoms with Crippen LogP contribution in [0.3, 0.4) is 0 Å². The second-order valence-corrected chi connectivity index (χ2v) is 11.2. The van der Waals surface area contributed by atoms with Gasteiger partial charge in [-0.05, 0) is 85.9 Å². The topological polar surface area (TPSA) is 71.5 Å². The van der Waals surface area contributed by atoms with Crippen LogP contribution in [0.25, 0.3) is 11.1 Å². The van der Waals surface area contributed by atoms with Crippen molar-refractivity contribution >= 4 is 12.0 Å². The van der Waals surface area contributed by atoms with Crippen LogP contribution in [0.2, 0.25) is 0 Å². The highest BCUT2D eigenvalue weighted by atomic mass is 16.6. The van der Waals surface area contributed by atoms with Gasteiger partial charge in [-0.15, -0.1) is 0 Å². The Bertz CT molecular complexity index is 1270. The molecule has 0 unspecified atom stereocenters. The first-order chi connectivity index (χ1) is 18.1. The summed E-state index contributed by atoms with van der Waals surface area (Å²) in [6, 6.07) is 19.1. The van der Waals surface area contributed by atoms with Crippen LogP contribution in [-0.2, 0) is 16.0 Å². The van der Waals surface area contributed by atoms with Crippen LogP contribution in [0.15, 0.2) is 67.0 Å². The Kier molecular flexibility index (Phi) is 8.50. The van der Waals surface area contributed by atoms with E-state index in [2.05, 4.69) is 59.7 Å². The Morgan fingerprint density at radius 1 is 1.08 bits per heavy atom. The molecule has 2 amide bonds. The van der Waals surface area contributed by atoms with E-state index in [4.69, 9.17) is 4.74 Å². The largest absolute Gasteiger partial charge is 0.444 e. The first kappa shape index (κ1) is 27.4. The fraction of sp³-hybridized carbons (Fsp3) is 0.406. The van der Waals surface area contributed by atoms with Crippen LogP contribution >= 0.6 is 0 Å². The zero-order valence-electron chi connectivity index (χ0n) is 23.2. The standard InChI is InChI=1S/C32H39N3O3/c1-22-19-25(28-11-7-6-9-24(28)14-17-34-23(2)36)12-13-27(22)30-21-35(31(37)38-32(3,4)5)18-15-29(30)26-10-8-16-33-20-26/h6-13,16,19-20,29-30H,14-15,17-18,21H2,1-5H3,(H,34,36)/t29-,30-/m0/s1. The third kappa shape index (κ3) is 6.80. The average Bonchev–Trinajstić information content (AvgIpc) is 2.88. The van der Waals surface area contributed by atoms with Crippen molar-refractivity contribution in [1.82, 2.24) is 15.2 Å². The van der Waals surface area contributed by atoms with Gasteiger partial charge in [-0.25, -0.2) is 4.79 Å². The number of amides is 2. The molecule has 1 aliphatic heterocycles. The molecule has 38 heavy (non-hydrogen) atoms. The number of ether oxygens (including phenoxy) is 1. The number of aromatic nitrogens is 1. The minimum atomic E-state index is -0.530. The number of hydrogen-bond donors (Lipinski definition) is 1. The first-order valence-electron chi connectivity index (χ1n) is 13.4. The predicted octanol–water partition coefficient (Wildman–Crippen LogP) is 6.24. The number of likely N-dealkylation sites (tertiary alicyclic amines) is 1. The number of pyridine rings is 1. The summed E-state index contributed by atoms with van der Waals surface area (Å²) < 4.78 is 5.72. The fourth-order valence-electron chi connectivity index (χ4n) is 5.41. The number of carbonyl (C=O) groups excluding carboxylic acids is 2. The zero-order chi connectivity index (χ0) is 27.3. The van der Waals surface area contributed by atoms with Crippen molar-refractivity contribution in [3.63, 3.8) is 0 Å².